The monoisotopic (exact) mass is 269 g/mol. The third-order valence-electron chi connectivity index (χ3n) is 2.56. The van der Waals surface area contributed by atoms with Crippen LogP contribution in [0.25, 0.3) is 11.2 Å². The first kappa shape index (κ1) is 11.6. The Balaban J connectivity index is 1.76. The molecule has 0 bridgehead atoms. The third-order valence-corrected chi connectivity index (χ3v) is 2.75. The second kappa shape index (κ2) is 5.03. The predicted molar refractivity (Wildman–Crippen MR) is 79.6 cm³/mol. The Kier molecular flexibility index (Phi) is 3.07. The van der Waals surface area contributed by atoms with Gasteiger partial charge in [-0.25, -0.2) is 14.6 Å². The highest BCUT2D eigenvalue weighted by atomic mass is 32.1. The molecule has 0 amide bonds. The average molecular weight is 269 g/mol. The van der Waals surface area contributed by atoms with Gasteiger partial charge in [-0.15, -0.1) is 0 Å². The number of nitrogens with one attached hydrogen (secondary N) is 2. The highest BCUT2D eigenvalue weighted by Crippen LogP contribution is 2.08. The van der Waals surface area contributed by atoms with Crippen LogP contribution < -0.4 is 10.7 Å². The van der Waals surface area contributed by atoms with Gasteiger partial charge in [-0.05, 0) is 36.5 Å². The van der Waals surface area contributed by atoms with Gasteiger partial charge in [0.1, 0.15) is 11.8 Å². The van der Waals surface area contributed by atoms with Gasteiger partial charge >= 0.3 is 0 Å². The van der Waals surface area contributed by atoms with Crippen LogP contribution in [0, 0.1) is 0 Å². The van der Waals surface area contributed by atoms with Crippen molar-refractivity contribution in [2.75, 3.05) is 10.7 Å². The molecule has 0 unspecified atom stereocenters. The Hall–Kier alpha value is -2.47. The van der Waals surface area contributed by atoms with Crippen molar-refractivity contribution in [3.05, 3.63) is 55.0 Å². The lowest BCUT2D eigenvalue weighted by atomic mass is 10.3. The number of imidazole rings is 1. The van der Waals surface area contributed by atoms with E-state index in [0.717, 1.165) is 16.9 Å². The van der Waals surface area contributed by atoms with Crippen molar-refractivity contribution in [1.29, 1.82) is 0 Å². The molecule has 1 aromatic carbocycles. The lowest BCUT2D eigenvalue weighted by Gasteiger charge is -2.10. The summed E-state index contributed by atoms with van der Waals surface area (Å²) in [6.07, 6.45) is 3.37. The van der Waals surface area contributed by atoms with Gasteiger partial charge in [0.2, 0.25) is 0 Å². The van der Waals surface area contributed by atoms with Crippen molar-refractivity contribution in [2.45, 2.75) is 0 Å². The molecule has 2 N–H and O–H groups in total. The molecule has 0 radical (unpaired) electrons. The first-order valence-corrected chi connectivity index (χ1v) is 6.15. The van der Waals surface area contributed by atoms with E-state index in [-0.39, 0.29) is 0 Å². The largest absolute Gasteiger partial charge is 0.331 e. The number of anilines is 1. The summed E-state index contributed by atoms with van der Waals surface area (Å²) in [6.45, 7) is 0. The number of aromatic nitrogens is 3. The molecule has 0 aliphatic heterocycles. The molecule has 0 spiro atoms. The van der Waals surface area contributed by atoms with Crippen LogP contribution in [0.2, 0.25) is 0 Å². The Bertz CT molecular complexity index is 707. The van der Waals surface area contributed by atoms with Gasteiger partial charge in [0, 0.05) is 11.9 Å². The molecule has 3 rings (SSSR count). The maximum Gasteiger partial charge on any atom is 0.190 e. The van der Waals surface area contributed by atoms with E-state index in [4.69, 9.17) is 12.2 Å². The van der Waals surface area contributed by atoms with Crippen molar-refractivity contribution in [3.8, 4) is 0 Å². The normalized spacial score (nSPS) is 10.3. The topological polar surface area (TPSA) is 54.8 Å². The Morgan fingerprint density at radius 1 is 1.05 bits per heavy atom. The first-order valence-electron chi connectivity index (χ1n) is 5.74. The number of rotatable bonds is 2. The maximum absolute atomic E-state index is 5.25. The number of pyridine rings is 1. The molecule has 5 nitrogen and oxygen atoms in total. The molecule has 94 valence electrons. The minimum Gasteiger partial charge on any atom is -0.331 e. The number of hydrogen-bond donors (Lipinski definition) is 2. The van der Waals surface area contributed by atoms with E-state index in [1.807, 2.05) is 42.5 Å². The van der Waals surface area contributed by atoms with Gasteiger partial charge < -0.3 is 5.32 Å². The minimum atomic E-state index is 0.483. The molecule has 2 heterocycles. The predicted octanol–water partition coefficient (Wildman–Crippen LogP) is 2.37. The van der Waals surface area contributed by atoms with E-state index >= 15 is 0 Å². The van der Waals surface area contributed by atoms with Crippen LogP contribution in [0.1, 0.15) is 0 Å². The van der Waals surface area contributed by atoms with Crippen LogP contribution in [0.5, 0.6) is 0 Å². The molecular formula is C13H11N5S. The van der Waals surface area contributed by atoms with Crippen molar-refractivity contribution < 1.29 is 0 Å². The van der Waals surface area contributed by atoms with Crippen LogP contribution in [0.4, 0.5) is 5.69 Å². The first-order chi connectivity index (χ1) is 9.33. The Morgan fingerprint density at radius 2 is 1.89 bits per heavy atom. The summed E-state index contributed by atoms with van der Waals surface area (Å²) in [5.74, 6) is 0. The SMILES string of the molecule is S=C(Nc1ccccc1)Nn1cnc2cccnc21. The fourth-order valence-corrected chi connectivity index (χ4v) is 1.94. The second-order valence-electron chi connectivity index (χ2n) is 3.89. The summed E-state index contributed by atoms with van der Waals surface area (Å²) in [7, 11) is 0. The molecular weight excluding hydrogens is 258 g/mol. The third kappa shape index (κ3) is 2.53. The van der Waals surface area contributed by atoms with Crippen molar-refractivity contribution in [1.82, 2.24) is 14.6 Å². The molecule has 2 aromatic heterocycles. The van der Waals surface area contributed by atoms with Gasteiger partial charge in [0.05, 0.1) is 0 Å². The van der Waals surface area contributed by atoms with Gasteiger partial charge in [-0.1, -0.05) is 18.2 Å². The van der Waals surface area contributed by atoms with Crippen LogP contribution in [-0.4, -0.2) is 19.8 Å². The van der Waals surface area contributed by atoms with Crippen LogP contribution >= 0.6 is 12.2 Å². The smallest absolute Gasteiger partial charge is 0.190 e. The summed E-state index contributed by atoms with van der Waals surface area (Å²) < 4.78 is 1.69. The van der Waals surface area contributed by atoms with Crippen molar-refractivity contribution >= 4 is 34.2 Å². The van der Waals surface area contributed by atoms with Gasteiger partial charge in [-0.2, -0.15) is 0 Å². The van der Waals surface area contributed by atoms with Crippen LogP contribution in [-0.2, 0) is 0 Å². The molecule has 6 heteroatoms. The van der Waals surface area contributed by atoms with Crippen molar-refractivity contribution in [3.63, 3.8) is 0 Å². The zero-order valence-electron chi connectivity index (χ0n) is 9.95. The van der Waals surface area contributed by atoms with E-state index in [1.165, 1.54) is 0 Å². The summed E-state index contributed by atoms with van der Waals surface area (Å²) in [4.78, 5) is 8.48. The summed E-state index contributed by atoms with van der Waals surface area (Å²) >= 11 is 5.25. The zero-order valence-corrected chi connectivity index (χ0v) is 10.8. The molecule has 3 aromatic rings. The summed E-state index contributed by atoms with van der Waals surface area (Å²) in [5.41, 5.74) is 5.51. The number of hydrogen-bond acceptors (Lipinski definition) is 3. The Morgan fingerprint density at radius 3 is 2.74 bits per heavy atom. The molecule has 0 fully saturated rings. The molecule has 0 saturated carbocycles. The average Bonchev–Trinajstić information content (AvgIpc) is 2.83. The van der Waals surface area contributed by atoms with E-state index in [2.05, 4.69) is 20.7 Å². The summed E-state index contributed by atoms with van der Waals surface area (Å²) in [5, 5.41) is 3.57. The fourth-order valence-electron chi connectivity index (χ4n) is 1.72. The van der Waals surface area contributed by atoms with Crippen LogP contribution in [0.15, 0.2) is 55.0 Å². The number of nitrogens with zero attached hydrogens (tertiary/aromatic N) is 3. The van der Waals surface area contributed by atoms with E-state index in [9.17, 15) is 0 Å². The highest BCUT2D eigenvalue weighted by Gasteiger charge is 2.04. The molecule has 0 saturated heterocycles. The molecule has 0 atom stereocenters. The molecule has 0 aliphatic rings. The number of thiocarbonyl (C=S) groups is 1. The molecule has 0 aliphatic carbocycles. The highest BCUT2D eigenvalue weighted by molar-refractivity contribution is 7.80. The van der Waals surface area contributed by atoms with Crippen LogP contribution in [0.3, 0.4) is 0 Å². The quantitative estimate of drug-likeness (QED) is 0.700. The number of benzene rings is 1. The van der Waals surface area contributed by atoms with Gasteiger partial charge in [0.15, 0.2) is 10.8 Å². The minimum absolute atomic E-state index is 0.483. The lowest BCUT2D eigenvalue weighted by Crippen LogP contribution is -2.27. The Labute approximate surface area is 115 Å². The van der Waals surface area contributed by atoms with E-state index in [0.29, 0.717) is 5.11 Å². The maximum atomic E-state index is 5.25. The number of para-hydroxylation sites is 1. The van der Waals surface area contributed by atoms with E-state index < -0.39 is 0 Å². The van der Waals surface area contributed by atoms with Gasteiger partial charge in [0.25, 0.3) is 0 Å². The fraction of sp³-hybridized carbons (Fsp3) is 0. The molecule has 19 heavy (non-hydrogen) atoms. The number of fused-ring (bicyclic) bond motifs is 1. The second-order valence-corrected chi connectivity index (χ2v) is 4.30. The van der Waals surface area contributed by atoms with E-state index in [1.54, 1.807) is 17.2 Å². The zero-order chi connectivity index (χ0) is 13.1. The van der Waals surface area contributed by atoms with Crippen molar-refractivity contribution in [2.24, 2.45) is 0 Å². The summed E-state index contributed by atoms with van der Waals surface area (Å²) in [6, 6.07) is 13.5. The van der Waals surface area contributed by atoms with Gasteiger partial charge in [-0.3, -0.25) is 5.43 Å². The standard InChI is InChI=1S/C13H11N5S/c19-13(16-10-5-2-1-3-6-10)17-18-9-15-11-7-4-8-14-12(11)18/h1-9H,(H2,16,17,19). The lowest BCUT2D eigenvalue weighted by molar-refractivity contribution is 0.992.